The minimum Gasteiger partial charge on any atom is -0.506 e. The molecule has 0 bridgehead atoms. The summed E-state index contributed by atoms with van der Waals surface area (Å²) in [6.45, 7) is 10.9. The molecule has 3 aromatic rings. The molecule has 0 saturated carbocycles. The third-order valence-electron chi connectivity index (χ3n) is 6.27. The molecule has 0 spiro atoms. The number of hydrogen-bond acceptors (Lipinski definition) is 5. The van der Waals surface area contributed by atoms with Gasteiger partial charge in [-0.25, -0.2) is 0 Å². The fourth-order valence-corrected chi connectivity index (χ4v) is 4.43. The minimum atomic E-state index is -0.190. The highest BCUT2D eigenvalue weighted by atomic mass is 16.5. The number of hydrogen-bond donors (Lipinski definition) is 1. The number of carbonyl (C=O) groups is 1. The molecule has 6 heteroatoms. The van der Waals surface area contributed by atoms with E-state index in [2.05, 4.69) is 37.9 Å². The Kier molecular flexibility index (Phi) is 8.11. The van der Waals surface area contributed by atoms with E-state index in [1.54, 1.807) is 6.07 Å². The summed E-state index contributed by atoms with van der Waals surface area (Å²) in [5.41, 5.74) is 3.01. The first kappa shape index (κ1) is 24.7. The third kappa shape index (κ3) is 6.56. The van der Waals surface area contributed by atoms with Crippen LogP contribution in [0.2, 0.25) is 0 Å². The molecule has 0 aliphatic carbocycles. The number of aryl methyl sites for hydroxylation is 1. The van der Waals surface area contributed by atoms with Crippen LogP contribution in [0, 0.1) is 11.3 Å². The highest BCUT2D eigenvalue weighted by molar-refractivity contribution is 5.73. The molecule has 0 fully saturated rings. The Morgan fingerprint density at radius 2 is 1.76 bits per heavy atom. The van der Waals surface area contributed by atoms with Gasteiger partial charge in [-0.15, -0.1) is 15.0 Å². The summed E-state index contributed by atoms with van der Waals surface area (Å²) >= 11 is 0. The number of fused-ring (bicyclic) bond motifs is 1. The molecule has 6 nitrogen and oxygen atoms in total. The predicted molar refractivity (Wildman–Crippen MR) is 131 cm³/mol. The summed E-state index contributed by atoms with van der Waals surface area (Å²) < 4.78 is 5.85. The summed E-state index contributed by atoms with van der Waals surface area (Å²) in [6.07, 6.45) is 5.31. The van der Waals surface area contributed by atoms with Gasteiger partial charge in [-0.1, -0.05) is 65.2 Å². The van der Waals surface area contributed by atoms with Crippen LogP contribution in [0.1, 0.15) is 72.3 Å². The molecule has 33 heavy (non-hydrogen) atoms. The number of rotatable bonds is 10. The van der Waals surface area contributed by atoms with Gasteiger partial charge in [0.1, 0.15) is 28.6 Å². The molecular weight excluding hydrogens is 414 g/mol. The minimum absolute atomic E-state index is 0.0829. The van der Waals surface area contributed by atoms with Crippen molar-refractivity contribution in [2.24, 2.45) is 11.3 Å². The highest BCUT2D eigenvalue weighted by Gasteiger charge is 2.31. The van der Waals surface area contributed by atoms with Crippen molar-refractivity contribution >= 4 is 17.0 Å². The number of esters is 1. The van der Waals surface area contributed by atoms with Crippen molar-refractivity contribution in [3.8, 4) is 11.4 Å². The summed E-state index contributed by atoms with van der Waals surface area (Å²) in [4.78, 5) is 14.1. The summed E-state index contributed by atoms with van der Waals surface area (Å²) in [6, 6.07) is 12.8. The lowest BCUT2D eigenvalue weighted by Gasteiger charge is -2.35. The average molecular weight is 452 g/mol. The van der Waals surface area contributed by atoms with Gasteiger partial charge in [-0.3, -0.25) is 4.79 Å². The standard InChI is InChI=1S/C27H37N3O3/c1-6-7-8-11-21(27(3,4)5)19(2)33-26(32)17-15-20-14-16-25(31)24(18-20)30-28-22-12-9-10-13-23(22)29-30/h9-10,12-14,16,18-19,21,31H,6-8,11,15,17H2,1-5H3. The Balaban J connectivity index is 1.63. The first-order valence-electron chi connectivity index (χ1n) is 12.0. The van der Waals surface area contributed by atoms with Crippen molar-refractivity contribution < 1.29 is 14.6 Å². The first-order valence-corrected chi connectivity index (χ1v) is 12.0. The number of phenolic OH excluding ortho intramolecular Hbond substituents is 1. The van der Waals surface area contributed by atoms with Crippen LogP contribution in [0.25, 0.3) is 16.7 Å². The maximum atomic E-state index is 12.6. The second-order valence-electron chi connectivity index (χ2n) is 9.96. The fraction of sp³-hybridized carbons (Fsp3) is 0.519. The van der Waals surface area contributed by atoms with Crippen LogP contribution in [0.5, 0.6) is 5.75 Å². The van der Waals surface area contributed by atoms with E-state index in [0.29, 0.717) is 18.0 Å². The van der Waals surface area contributed by atoms with E-state index in [-0.39, 0.29) is 29.7 Å². The number of benzene rings is 2. The topological polar surface area (TPSA) is 77.2 Å². The molecule has 2 unspecified atom stereocenters. The molecule has 1 heterocycles. The van der Waals surface area contributed by atoms with E-state index >= 15 is 0 Å². The molecule has 3 rings (SSSR count). The van der Waals surface area contributed by atoms with Crippen LogP contribution < -0.4 is 0 Å². The molecule has 1 aromatic heterocycles. The summed E-state index contributed by atoms with van der Waals surface area (Å²) in [7, 11) is 0. The lowest BCUT2D eigenvalue weighted by Crippen LogP contribution is -2.33. The van der Waals surface area contributed by atoms with Gasteiger partial charge in [-0.2, -0.15) is 0 Å². The zero-order valence-corrected chi connectivity index (χ0v) is 20.5. The van der Waals surface area contributed by atoms with Gasteiger partial charge in [0, 0.05) is 12.3 Å². The summed E-state index contributed by atoms with van der Waals surface area (Å²) in [5.74, 6) is 0.230. The van der Waals surface area contributed by atoms with E-state index in [0.717, 1.165) is 29.4 Å². The molecular formula is C27H37N3O3. The Bertz CT molecular complexity index is 1030. The molecule has 2 atom stereocenters. The van der Waals surface area contributed by atoms with Gasteiger partial charge in [0.15, 0.2) is 0 Å². The van der Waals surface area contributed by atoms with Gasteiger partial charge in [0.2, 0.25) is 0 Å². The molecule has 0 amide bonds. The molecule has 0 aliphatic heterocycles. The van der Waals surface area contributed by atoms with Crippen LogP contribution in [0.3, 0.4) is 0 Å². The van der Waals surface area contributed by atoms with Crippen molar-refractivity contribution in [1.82, 2.24) is 15.0 Å². The Hall–Kier alpha value is -2.89. The van der Waals surface area contributed by atoms with E-state index in [1.807, 2.05) is 43.3 Å². The van der Waals surface area contributed by atoms with Gasteiger partial charge in [-0.05, 0) is 55.0 Å². The highest BCUT2D eigenvalue weighted by Crippen LogP contribution is 2.34. The number of phenols is 1. The van der Waals surface area contributed by atoms with Crippen LogP contribution in [-0.2, 0) is 16.0 Å². The van der Waals surface area contributed by atoms with Crippen LogP contribution in [0.15, 0.2) is 42.5 Å². The Labute approximate surface area is 197 Å². The SMILES string of the molecule is CCCCCC(C(C)OC(=O)CCc1ccc(O)c(-n2nc3ccccc3n2)c1)C(C)(C)C. The normalized spacial score (nSPS) is 13.7. The number of aromatic nitrogens is 3. The van der Waals surface area contributed by atoms with Crippen molar-refractivity contribution in [1.29, 1.82) is 0 Å². The maximum Gasteiger partial charge on any atom is 0.306 e. The van der Waals surface area contributed by atoms with Crippen LogP contribution >= 0.6 is 0 Å². The van der Waals surface area contributed by atoms with Crippen molar-refractivity contribution in [3.05, 3.63) is 48.0 Å². The number of carbonyl (C=O) groups excluding carboxylic acids is 1. The van der Waals surface area contributed by atoms with E-state index in [1.165, 1.54) is 17.6 Å². The molecule has 2 aromatic carbocycles. The second-order valence-corrected chi connectivity index (χ2v) is 9.96. The first-order chi connectivity index (χ1) is 15.7. The zero-order chi connectivity index (χ0) is 24.0. The molecule has 1 N–H and O–H groups in total. The number of aromatic hydroxyl groups is 1. The monoisotopic (exact) mass is 451 g/mol. The molecule has 0 aliphatic rings. The van der Waals surface area contributed by atoms with E-state index in [4.69, 9.17) is 4.74 Å². The zero-order valence-electron chi connectivity index (χ0n) is 20.5. The maximum absolute atomic E-state index is 12.6. The van der Waals surface area contributed by atoms with Crippen LogP contribution in [-0.4, -0.2) is 32.2 Å². The predicted octanol–water partition coefficient (Wildman–Crippen LogP) is 6.23. The molecule has 0 saturated heterocycles. The van der Waals surface area contributed by atoms with E-state index < -0.39 is 0 Å². The smallest absolute Gasteiger partial charge is 0.306 e. The number of nitrogens with zero attached hydrogens (tertiary/aromatic N) is 3. The van der Waals surface area contributed by atoms with E-state index in [9.17, 15) is 9.90 Å². The molecule has 0 radical (unpaired) electrons. The fourth-order valence-electron chi connectivity index (χ4n) is 4.43. The van der Waals surface area contributed by atoms with Gasteiger partial charge in [0.25, 0.3) is 0 Å². The second kappa shape index (κ2) is 10.8. The lowest BCUT2D eigenvalue weighted by molar-refractivity contribution is -0.153. The Morgan fingerprint density at radius 3 is 2.36 bits per heavy atom. The summed E-state index contributed by atoms with van der Waals surface area (Å²) in [5, 5.41) is 19.2. The lowest BCUT2D eigenvalue weighted by atomic mass is 9.75. The van der Waals surface area contributed by atoms with Gasteiger partial charge < -0.3 is 9.84 Å². The number of ether oxygens (including phenoxy) is 1. The largest absolute Gasteiger partial charge is 0.506 e. The third-order valence-corrected chi connectivity index (χ3v) is 6.27. The average Bonchev–Trinajstić information content (AvgIpc) is 3.19. The van der Waals surface area contributed by atoms with Crippen molar-refractivity contribution in [3.63, 3.8) is 0 Å². The van der Waals surface area contributed by atoms with Crippen LogP contribution in [0.4, 0.5) is 0 Å². The van der Waals surface area contributed by atoms with Gasteiger partial charge >= 0.3 is 5.97 Å². The van der Waals surface area contributed by atoms with Gasteiger partial charge in [0.05, 0.1) is 0 Å². The van der Waals surface area contributed by atoms with Crippen molar-refractivity contribution in [2.75, 3.05) is 0 Å². The number of unbranched alkanes of at least 4 members (excludes halogenated alkanes) is 2. The quantitative estimate of drug-likeness (QED) is 0.292. The van der Waals surface area contributed by atoms with Crippen molar-refractivity contribution in [2.45, 2.75) is 79.2 Å². The Morgan fingerprint density at radius 1 is 1.09 bits per heavy atom. The molecule has 178 valence electrons.